The normalized spacial score (nSPS) is 16.7. The van der Waals surface area contributed by atoms with Gasteiger partial charge in [0.15, 0.2) is 11.5 Å². The number of hydrogen-bond donors (Lipinski definition) is 0. The molecule has 0 N–H and O–H groups in total. The smallest absolute Gasteiger partial charge is 0.257 e. The van der Waals surface area contributed by atoms with E-state index in [1.165, 1.54) is 0 Å². The summed E-state index contributed by atoms with van der Waals surface area (Å²) in [4.78, 5) is 31.4. The fourth-order valence-corrected chi connectivity index (χ4v) is 5.67. The van der Waals surface area contributed by atoms with Gasteiger partial charge in [0.05, 0.1) is 39.5 Å². The third kappa shape index (κ3) is 9.51. The minimum absolute atomic E-state index is 0.0538. The fraction of sp³-hybridized carbons (Fsp3) is 0.588. The van der Waals surface area contributed by atoms with Crippen LogP contribution >= 0.6 is 0 Å². The topological polar surface area (TPSA) is 86.8 Å². The lowest BCUT2D eigenvalue weighted by Gasteiger charge is -2.34. The van der Waals surface area contributed by atoms with Crippen molar-refractivity contribution in [2.45, 2.75) is 64.8 Å². The largest absolute Gasteiger partial charge is 0.493 e. The Balaban J connectivity index is 1.86. The van der Waals surface area contributed by atoms with Crippen LogP contribution < -0.4 is 18.9 Å². The van der Waals surface area contributed by atoms with Gasteiger partial charge in [-0.2, -0.15) is 0 Å². The van der Waals surface area contributed by atoms with Crippen molar-refractivity contribution in [2.24, 2.45) is 5.92 Å². The Morgan fingerprint density at radius 1 is 0.930 bits per heavy atom. The van der Waals surface area contributed by atoms with E-state index < -0.39 is 0 Å². The summed E-state index contributed by atoms with van der Waals surface area (Å²) in [6.07, 6.45) is 5.36. The van der Waals surface area contributed by atoms with Crippen LogP contribution in [0, 0.1) is 5.92 Å². The molecule has 0 saturated heterocycles. The highest BCUT2D eigenvalue weighted by Gasteiger charge is 2.27. The molecule has 238 valence electrons. The van der Waals surface area contributed by atoms with Gasteiger partial charge in [-0.3, -0.25) is 9.59 Å². The van der Waals surface area contributed by atoms with Crippen molar-refractivity contribution in [3.05, 3.63) is 47.5 Å². The van der Waals surface area contributed by atoms with Crippen molar-refractivity contribution in [1.82, 2.24) is 9.80 Å². The summed E-state index contributed by atoms with van der Waals surface area (Å²) in [5.74, 6) is 2.61. The number of carbonyl (C=O) groups is 2. The molecule has 0 radical (unpaired) electrons. The van der Waals surface area contributed by atoms with Crippen molar-refractivity contribution >= 4 is 11.8 Å². The molecule has 1 aliphatic rings. The monoisotopic (exact) mass is 598 g/mol. The second-order valence-electron chi connectivity index (χ2n) is 11.4. The number of amides is 2. The van der Waals surface area contributed by atoms with Gasteiger partial charge in [0, 0.05) is 33.2 Å². The van der Waals surface area contributed by atoms with Crippen molar-refractivity contribution in [2.75, 3.05) is 61.3 Å². The summed E-state index contributed by atoms with van der Waals surface area (Å²) in [5, 5.41) is 0. The summed E-state index contributed by atoms with van der Waals surface area (Å²) in [7, 11) is 6.41. The molecule has 0 aromatic heterocycles. The quantitative estimate of drug-likeness (QED) is 0.331. The molecular weight excluding hydrogens is 548 g/mol. The van der Waals surface area contributed by atoms with E-state index in [-0.39, 0.29) is 17.9 Å². The number of fused-ring (bicyclic) bond motifs is 1. The molecule has 0 fully saturated rings. The third-order valence-corrected chi connectivity index (χ3v) is 7.88. The lowest BCUT2D eigenvalue weighted by atomic mass is 10.0. The van der Waals surface area contributed by atoms with E-state index in [2.05, 4.69) is 13.8 Å². The Labute approximate surface area is 257 Å². The third-order valence-electron chi connectivity index (χ3n) is 7.88. The van der Waals surface area contributed by atoms with Gasteiger partial charge in [-0.15, -0.1) is 0 Å². The first-order chi connectivity index (χ1) is 20.8. The summed E-state index contributed by atoms with van der Waals surface area (Å²) in [6, 6.07) is 11.0. The number of para-hydroxylation sites is 1. The second-order valence-corrected chi connectivity index (χ2v) is 11.4. The van der Waals surface area contributed by atoms with Gasteiger partial charge >= 0.3 is 0 Å². The van der Waals surface area contributed by atoms with E-state index in [1.54, 1.807) is 28.4 Å². The van der Waals surface area contributed by atoms with Crippen LogP contribution in [0.5, 0.6) is 23.0 Å². The maximum Gasteiger partial charge on any atom is 0.257 e. The van der Waals surface area contributed by atoms with Crippen LogP contribution in [-0.2, 0) is 16.0 Å². The molecule has 0 bridgehead atoms. The number of rotatable bonds is 11. The van der Waals surface area contributed by atoms with Crippen LogP contribution in [0.1, 0.15) is 68.3 Å². The van der Waals surface area contributed by atoms with Gasteiger partial charge in [0.2, 0.25) is 11.7 Å². The SMILES string of the molecule is COCCN1CCCCCCN(C(=O)CCc2ccc(OC)c(OC)c2OC)[C@@H](CC(C)C)COc2ccccc2C1=O. The lowest BCUT2D eigenvalue weighted by molar-refractivity contribution is -0.134. The zero-order valence-electron chi connectivity index (χ0n) is 26.9. The van der Waals surface area contributed by atoms with E-state index in [9.17, 15) is 9.59 Å². The maximum atomic E-state index is 13.9. The molecule has 1 aliphatic heterocycles. The molecule has 9 nitrogen and oxygen atoms in total. The molecule has 1 heterocycles. The lowest BCUT2D eigenvalue weighted by Crippen LogP contribution is -2.45. The Kier molecular flexibility index (Phi) is 13.9. The summed E-state index contributed by atoms with van der Waals surface area (Å²) >= 11 is 0. The minimum atomic E-state index is -0.129. The number of ether oxygens (including phenoxy) is 5. The molecule has 43 heavy (non-hydrogen) atoms. The van der Waals surface area contributed by atoms with E-state index in [0.29, 0.717) is 80.2 Å². The first kappa shape index (κ1) is 34.0. The first-order valence-corrected chi connectivity index (χ1v) is 15.4. The van der Waals surface area contributed by atoms with Gasteiger partial charge in [-0.25, -0.2) is 0 Å². The fourth-order valence-electron chi connectivity index (χ4n) is 5.67. The minimum Gasteiger partial charge on any atom is -0.493 e. The predicted molar refractivity (Wildman–Crippen MR) is 168 cm³/mol. The molecule has 0 aliphatic carbocycles. The molecular formula is C34H50N2O7. The molecule has 0 saturated carbocycles. The van der Waals surface area contributed by atoms with Gasteiger partial charge in [0.25, 0.3) is 5.91 Å². The summed E-state index contributed by atoms with van der Waals surface area (Å²) < 4.78 is 28.3. The van der Waals surface area contributed by atoms with Gasteiger partial charge in [-0.05, 0) is 55.4 Å². The van der Waals surface area contributed by atoms with E-state index in [1.807, 2.05) is 46.2 Å². The number of carbonyl (C=O) groups excluding carboxylic acids is 2. The highest BCUT2D eigenvalue weighted by atomic mass is 16.5. The highest BCUT2D eigenvalue weighted by molar-refractivity contribution is 5.97. The van der Waals surface area contributed by atoms with Crippen LogP contribution in [-0.4, -0.2) is 88.9 Å². The van der Waals surface area contributed by atoms with Crippen LogP contribution in [0.2, 0.25) is 0 Å². The standard InChI is InChI=1S/C34H50N2O7/c1-25(2)23-27-24-43-29-14-10-9-13-28(29)34(38)35(21-22-39-3)19-11-7-8-12-20-36(27)31(37)18-16-26-15-17-30(40-4)33(42-6)32(26)41-5/h9-10,13-15,17,25,27H,7-8,11-12,16,18-24H2,1-6H3/t27-/m0/s1. The Morgan fingerprint density at radius 3 is 2.33 bits per heavy atom. The van der Waals surface area contributed by atoms with E-state index in [0.717, 1.165) is 37.7 Å². The van der Waals surface area contributed by atoms with Gasteiger partial charge < -0.3 is 33.5 Å². The van der Waals surface area contributed by atoms with Crippen molar-refractivity contribution in [3.63, 3.8) is 0 Å². The van der Waals surface area contributed by atoms with Crippen molar-refractivity contribution in [1.29, 1.82) is 0 Å². The van der Waals surface area contributed by atoms with Crippen molar-refractivity contribution < 1.29 is 33.3 Å². The van der Waals surface area contributed by atoms with Gasteiger partial charge in [0.1, 0.15) is 12.4 Å². The molecule has 9 heteroatoms. The zero-order valence-corrected chi connectivity index (χ0v) is 26.9. The average Bonchev–Trinajstić information content (AvgIpc) is 3.01. The number of benzene rings is 2. The van der Waals surface area contributed by atoms with Crippen LogP contribution in [0.3, 0.4) is 0 Å². The van der Waals surface area contributed by atoms with Crippen LogP contribution in [0.4, 0.5) is 0 Å². The predicted octanol–water partition coefficient (Wildman–Crippen LogP) is 5.63. The number of methoxy groups -OCH3 is 4. The molecule has 2 aromatic carbocycles. The molecule has 0 unspecified atom stereocenters. The highest BCUT2D eigenvalue weighted by Crippen LogP contribution is 2.40. The molecule has 2 aromatic rings. The van der Waals surface area contributed by atoms with Gasteiger partial charge in [-0.1, -0.05) is 44.9 Å². The molecule has 1 atom stereocenters. The number of hydrogen-bond acceptors (Lipinski definition) is 7. The maximum absolute atomic E-state index is 13.9. The Morgan fingerprint density at radius 2 is 1.65 bits per heavy atom. The van der Waals surface area contributed by atoms with Crippen LogP contribution in [0.15, 0.2) is 36.4 Å². The Hall–Kier alpha value is -3.46. The molecule has 0 spiro atoms. The second kappa shape index (κ2) is 17.6. The Bertz CT molecular complexity index is 1170. The zero-order chi connectivity index (χ0) is 31.2. The van der Waals surface area contributed by atoms with Crippen LogP contribution in [0.25, 0.3) is 0 Å². The summed E-state index contributed by atoms with van der Waals surface area (Å²) in [6.45, 7) is 6.97. The molecule has 2 amide bonds. The average molecular weight is 599 g/mol. The number of aryl methyl sites for hydroxylation is 1. The molecule has 3 rings (SSSR count). The van der Waals surface area contributed by atoms with E-state index >= 15 is 0 Å². The van der Waals surface area contributed by atoms with E-state index in [4.69, 9.17) is 23.7 Å². The number of nitrogens with zero attached hydrogens (tertiary/aromatic N) is 2. The first-order valence-electron chi connectivity index (χ1n) is 15.4. The van der Waals surface area contributed by atoms with Crippen molar-refractivity contribution in [3.8, 4) is 23.0 Å². The summed E-state index contributed by atoms with van der Waals surface area (Å²) in [5.41, 5.74) is 1.43.